The SMILES string of the molecule is O=C(CSSOOO)Nc1ccc(Cl)nc1. The number of anilines is 1. The quantitative estimate of drug-likeness (QED) is 0.207. The topological polar surface area (TPSA) is 80.7 Å². The Bertz CT molecular complexity index is 338. The van der Waals surface area contributed by atoms with Crippen molar-refractivity contribution in [1.82, 2.24) is 4.98 Å². The Hall–Kier alpha value is -0.510. The molecular weight excluding hydrogens is 276 g/mol. The largest absolute Gasteiger partial charge is 0.324 e. The Kier molecular flexibility index (Phi) is 6.53. The lowest BCUT2D eigenvalue weighted by atomic mass is 10.4. The molecule has 0 saturated carbocycles. The van der Waals surface area contributed by atoms with Gasteiger partial charge in [0, 0.05) is 0 Å². The molecule has 16 heavy (non-hydrogen) atoms. The van der Waals surface area contributed by atoms with Crippen LogP contribution in [0.25, 0.3) is 0 Å². The lowest BCUT2D eigenvalue weighted by molar-refractivity contribution is -0.431. The summed E-state index contributed by atoms with van der Waals surface area (Å²) in [5, 5.41) is 14.1. The lowest BCUT2D eigenvalue weighted by Gasteiger charge is -2.03. The first kappa shape index (κ1) is 13.6. The van der Waals surface area contributed by atoms with Crippen LogP contribution in [0.15, 0.2) is 18.3 Å². The molecule has 0 aliphatic heterocycles. The summed E-state index contributed by atoms with van der Waals surface area (Å²) in [6, 6.07) is 3.21. The van der Waals surface area contributed by atoms with Gasteiger partial charge in [-0.1, -0.05) is 27.4 Å². The third-order valence-corrected chi connectivity index (χ3v) is 2.93. The second-order valence-electron chi connectivity index (χ2n) is 2.39. The number of halogens is 1. The van der Waals surface area contributed by atoms with E-state index in [9.17, 15) is 4.79 Å². The van der Waals surface area contributed by atoms with E-state index in [2.05, 4.69) is 19.7 Å². The van der Waals surface area contributed by atoms with E-state index in [0.717, 1.165) is 21.9 Å². The molecule has 0 bridgehead atoms. The molecule has 9 heteroatoms. The summed E-state index contributed by atoms with van der Waals surface area (Å²) in [6.45, 7) is 0. The third kappa shape index (κ3) is 5.54. The number of pyridine rings is 1. The highest BCUT2D eigenvalue weighted by atomic mass is 35.5. The normalized spacial score (nSPS) is 10.1. The molecule has 88 valence electrons. The van der Waals surface area contributed by atoms with E-state index in [1.54, 1.807) is 12.1 Å². The fourth-order valence-electron chi connectivity index (χ4n) is 0.756. The second-order valence-corrected chi connectivity index (χ2v) is 4.69. The number of amides is 1. The summed E-state index contributed by atoms with van der Waals surface area (Å²) in [5.74, 6) is -0.0976. The first-order chi connectivity index (χ1) is 7.72. The van der Waals surface area contributed by atoms with E-state index in [0.29, 0.717) is 10.8 Å². The first-order valence-electron chi connectivity index (χ1n) is 3.90. The first-order valence-corrected chi connectivity index (χ1v) is 6.52. The standard InChI is InChI=1S/C7H7ClN2O4S2/c8-6-2-1-5(3-9-6)10-7(11)4-15-16-14-13-12/h1-3,12H,4H2,(H,10,11). The molecule has 0 radical (unpaired) electrons. The lowest BCUT2D eigenvalue weighted by Crippen LogP contribution is -2.13. The van der Waals surface area contributed by atoms with Crippen LogP contribution in [0, 0.1) is 0 Å². The van der Waals surface area contributed by atoms with Crippen molar-refractivity contribution in [2.75, 3.05) is 11.1 Å². The summed E-state index contributed by atoms with van der Waals surface area (Å²) in [5.41, 5.74) is 0.555. The summed E-state index contributed by atoms with van der Waals surface area (Å²) >= 11 is 6.32. The van der Waals surface area contributed by atoms with Crippen molar-refractivity contribution in [3.8, 4) is 0 Å². The van der Waals surface area contributed by atoms with Crippen LogP contribution in [0.1, 0.15) is 0 Å². The van der Waals surface area contributed by atoms with Crippen molar-refractivity contribution in [1.29, 1.82) is 0 Å². The van der Waals surface area contributed by atoms with Gasteiger partial charge >= 0.3 is 0 Å². The zero-order chi connectivity index (χ0) is 11.8. The minimum absolute atomic E-state index is 0.136. The molecule has 1 heterocycles. The van der Waals surface area contributed by atoms with Gasteiger partial charge in [0.25, 0.3) is 0 Å². The molecule has 0 saturated heterocycles. The molecular formula is C7H7ClN2O4S2. The number of aromatic nitrogens is 1. The Labute approximate surface area is 104 Å². The Morgan fingerprint density at radius 2 is 2.44 bits per heavy atom. The van der Waals surface area contributed by atoms with Crippen molar-refractivity contribution in [3.05, 3.63) is 23.5 Å². The highest BCUT2D eigenvalue weighted by Gasteiger charge is 2.03. The Morgan fingerprint density at radius 1 is 1.62 bits per heavy atom. The van der Waals surface area contributed by atoms with Crippen LogP contribution in [-0.2, 0) is 14.2 Å². The maximum absolute atomic E-state index is 11.3. The number of hydrogen-bond acceptors (Lipinski definition) is 7. The smallest absolute Gasteiger partial charge is 0.235 e. The molecule has 0 unspecified atom stereocenters. The van der Waals surface area contributed by atoms with E-state index in [4.69, 9.17) is 16.9 Å². The molecule has 0 aliphatic rings. The van der Waals surface area contributed by atoms with Crippen molar-refractivity contribution < 1.29 is 19.4 Å². The summed E-state index contributed by atoms with van der Waals surface area (Å²) in [7, 11) is 1.06. The van der Waals surface area contributed by atoms with Gasteiger partial charge in [-0.05, 0) is 12.1 Å². The highest BCUT2D eigenvalue weighted by Crippen LogP contribution is 2.22. The van der Waals surface area contributed by atoms with Gasteiger partial charge in [-0.2, -0.15) is 0 Å². The molecule has 6 nitrogen and oxygen atoms in total. The zero-order valence-electron chi connectivity index (χ0n) is 7.75. The molecule has 0 spiro atoms. The predicted octanol–water partition coefficient (Wildman–Crippen LogP) is 2.39. The van der Waals surface area contributed by atoms with Crippen molar-refractivity contribution >= 4 is 45.1 Å². The van der Waals surface area contributed by atoms with Gasteiger partial charge in [-0.15, -0.1) is 4.33 Å². The van der Waals surface area contributed by atoms with Crippen LogP contribution in [-0.4, -0.2) is 21.9 Å². The van der Waals surface area contributed by atoms with E-state index in [-0.39, 0.29) is 11.7 Å². The Morgan fingerprint density at radius 3 is 3.06 bits per heavy atom. The fourth-order valence-corrected chi connectivity index (χ4v) is 1.82. The number of rotatable bonds is 6. The Balaban J connectivity index is 2.26. The molecule has 0 aromatic carbocycles. The van der Waals surface area contributed by atoms with Gasteiger partial charge < -0.3 is 5.32 Å². The number of nitrogens with zero attached hydrogens (tertiary/aromatic N) is 1. The average Bonchev–Trinajstić information content (AvgIpc) is 2.28. The number of carbonyl (C=O) groups excluding carboxylic acids is 1. The molecule has 1 aromatic heterocycles. The maximum Gasteiger partial charge on any atom is 0.235 e. The van der Waals surface area contributed by atoms with Gasteiger partial charge in [0.15, 0.2) is 0 Å². The van der Waals surface area contributed by atoms with Crippen LogP contribution < -0.4 is 5.32 Å². The van der Waals surface area contributed by atoms with Crippen molar-refractivity contribution in [2.45, 2.75) is 0 Å². The van der Waals surface area contributed by atoms with Crippen molar-refractivity contribution in [2.24, 2.45) is 0 Å². The number of hydrogen-bond donors (Lipinski definition) is 2. The highest BCUT2D eigenvalue weighted by molar-refractivity contribution is 8.75. The van der Waals surface area contributed by atoms with Crippen LogP contribution in [0.2, 0.25) is 5.15 Å². The number of nitrogens with one attached hydrogen (secondary N) is 1. The van der Waals surface area contributed by atoms with Gasteiger partial charge in [-0.3, -0.25) is 4.79 Å². The molecule has 0 fully saturated rings. The van der Waals surface area contributed by atoms with Gasteiger partial charge in [0.1, 0.15) is 16.2 Å². The molecule has 1 aromatic rings. The fraction of sp³-hybridized carbons (Fsp3) is 0.143. The molecule has 2 N–H and O–H groups in total. The molecule has 1 amide bonds. The van der Waals surface area contributed by atoms with Gasteiger partial charge in [-0.25, -0.2) is 10.2 Å². The van der Waals surface area contributed by atoms with E-state index in [1.165, 1.54) is 6.20 Å². The van der Waals surface area contributed by atoms with Crippen LogP contribution in [0.4, 0.5) is 5.69 Å². The van der Waals surface area contributed by atoms with E-state index in [1.807, 2.05) is 0 Å². The predicted molar refractivity (Wildman–Crippen MR) is 62.7 cm³/mol. The van der Waals surface area contributed by atoms with E-state index >= 15 is 0 Å². The third-order valence-electron chi connectivity index (χ3n) is 1.31. The van der Waals surface area contributed by atoms with E-state index < -0.39 is 0 Å². The minimum Gasteiger partial charge on any atom is -0.324 e. The van der Waals surface area contributed by atoms with Gasteiger partial charge in [0.05, 0.1) is 17.6 Å². The van der Waals surface area contributed by atoms with Crippen molar-refractivity contribution in [3.63, 3.8) is 0 Å². The van der Waals surface area contributed by atoms with Crippen LogP contribution in [0.3, 0.4) is 0 Å². The average molecular weight is 283 g/mol. The van der Waals surface area contributed by atoms with Crippen LogP contribution >= 0.6 is 33.5 Å². The van der Waals surface area contributed by atoms with Gasteiger partial charge in [0.2, 0.25) is 5.91 Å². The minimum atomic E-state index is -0.233. The zero-order valence-corrected chi connectivity index (χ0v) is 10.1. The number of carbonyl (C=O) groups is 1. The molecule has 0 atom stereocenters. The summed E-state index contributed by atoms with van der Waals surface area (Å²) in [6.07, 6.45) is 1.45. The second kappa shape index (κ2) is 7.71. The molecule has 1 rings (SSSR count). The maximum atomic E-state index is 11.3. The summed E-state index contributed by atoms with van der Waals surface area (Å²) in [4.78, 5) is 15.1. The van der Waals surface area contributed by atoms with Crippen LogP contribution in [0.5, 0.6) is 0 Å². The summed E-state index contributed by atoms with van der Waals surface area (Å²) < 4.78 is 4.08. The molecule has 0 aliphatic carbocycles. The monoisotopic (exact) mass is 282 g/mol.